The van der Waals surface area contributed by atoms with Gasteiger partial charge in [0.2, 0.25) is 5.91 Å². The van der Waals surface area contributed by atoms with Gasteiger partial charge in [-0.25, -0.2) is 4.39 Å². The van der Waals surface area contributed by atoms with Crippen molar-refractivity contribution in [2.45, 2.75) is 19.4 Å². The second-order valence-electron chi connectivity index (χ2n) is 6.14. The number of hydrogen-bond donors (Lipinski definition) is 3. The molecule has 0 aliphatic rings. The number of nitrogens with two attached hydrogens (primary N) is 1. The molecule has 0 heterocycles. The number of carbonyl (C=O) groups is 2. The third-order valence-electron chi connectivity index (χ3n) is 4.16. The second kappa shape index (κ2) is 9.68. The van der Waals surface area contributed by atoms with Gasteiger partial charge in [0, 0.05) is 24.7 Å². The largest absolute Gasteiger partial charge is 0.356 e. The molecule has 4 N–H and O–H groups in total. The number of amides is 2. The fraction of sp³-hybridized carbons (Fsp3) is 0.300. The summed E-state index contributed by atoms with van der Waals surface area (Å²) >= 11 is 0. The monoisotopic (exact) mass is 357 g/mol. The number of nitrogens with one attached hydrogen (secondary N) is 2. The number of rotatable bonds is 8. The van der Waals surface area contributed by atoms with Crippen molar-refractivity contribution in [3.05, 3.63) is 71.5 Å². The Labute approximate surface area is 152 Å². The van der Waals surface area contributed by atoms with Gasteiger partial charge >= 0.3 is 0 Å². The molecule has 0 aliphatic carbocycles. The Morgan fingerprint density at radius 3 is 2.42 bits per heavy atom. The van der Waals surface area contributed by atoms with Crippen molar-refractivity contribution in [1.82, 2.24) is 10.6 Å². The standard InChI is InChI=1S/C20H24FN3O2/c1-14(18(22)15-7-3-2-4-8-15)19(25)23-11-6-12-24-20(26)16-9-5-10-17(21)13-16/h2-5,7-10,13-14,18H,6,11-12,22H2,1H3,(H,23,25)(H,24,26). The highest BCUT2D eigenvalue weighted by Gasteiger charge is 2.21. The van der Waals surface area contributed by atoms with Crippen molar-refractivity contribution in [1.29, 1.82) is 0 Å². The quantitative estimate of drug-likeness (QED) is 0.634. The summed E-state index contributed by atoms with van der Waals surface area (Å²) in [4.78, 5) is 24.1. The van der Waals surface area contributed by atoms with Gasteiger partial charge in [0.05, 0.1) is 5.92 Å². The van der Waals surface area contributed by atoms with E-state index in [0.29, 0.717) is 19.5 Å². The summed E-state index contributed by atoms with van der Waals surface area (Å²) in [6.07, 6.45) is 0.570. The zero-order valence-electron chi connectivity index (χ0n) is 14.7. The van der Waals surface area contributed by atoms with Gasteiger partial charge in [0.1, 0.15) is 5.82 Å². The van der Waals surface area contributed by atoms with E-state index >= 15 is 0 Å². The van der Waals surface area contributed by atoms with Gasteiger partial charge < -0.3 is 16.4 Å². The molecule has 0 fully saturated rings. The summed E-state index contributed by atoms with van der Waals surface area (Å²) in [5.41, 5.74) is 7.33. The molecule has 0 saturated carbocycles. The molecule has 138 valence electrons. The third kappa shape index (κ3) is 5.67. The lowest BCUT2D eigenvalue weighted by Gasteiger charge is -2.19. The first-order chi connectivity index (χ1) is 12.5. The predicted octanol–water partition coefficient (Wildman–Crippen LogP) is 2.40. The van der Waals surface area contributed by atoms with E-state index in [1.165, 1.54) is 18.2 Å². The number of hydrogen-bond acceptors (Lipinski definition) is 3. The first-order valence-electron chi connectivity index (χ1n) is 8.61. The highest BCUT2D eigenvalue weighted by molar-refractivity contribution is 5.94. The SMILES string of the molecule is CC(C(=O)NCCCNC(=O)c1cccc(F)c1)C(N)c1ccccc1. The Hall–Kier alpha value is -2.73. The van der Waals surface area contributed by atoms with E-state index in [1.807, 2.05) is 30.3 Å². The molecular formula is C20H24FN3O2. The van der Waals surface area contributed by atoms with E-state index in [2.05, 4.69) is 10.6 Å². The number of benzene rings is 2. The van der Waals surface area contributed by atoms with Crippen LogP contribution in [-0.2, 0) is 4.79 Å². The molecule has 2 aromatic rings. The summed E-state index contributed by atoms with van der Waals surface area (Å²) in [6.45, 7) is 2.60. The van der Waals surface area contributed by atoms with Gasteiger partial charge in [-0.05, 0) is 30.2 Å². The minimum absolute atomic E-state index is 0.127. The van der Waals surface area contributed by atoms with Crippen LogP contribution in [0.25, 0.3) is 0 Å². The van der Waals surface area contributed by atoms with Crippen molar-refractivity contribution in [3.8, 4) is 0 Å². The van der Waals surface area contributed by atoms with E-state index < -0.39 is 5.82 Å². The van der Waals surface area contributed by atoms with E-state index in [9.17, 15) is 14.0 Å². The minimum Gasteiger partial charge on any atom is -0.356 e. The summed E-state index contributed by atoms with van der Waals surface area (Å²) < 4.78 is 13.1. The van der Waals surface area contributed by atoms with Crippen LogP contribution in [0.1, 0.15) is 35.3 Å². The molecule has 26 heavy (non-hydrogen) atoms. The molecule has 2 atom stereocenters. The molecule has 0 saturated heterocycles. The molecule has 5 nitrogen and oxygen atoms in total. The van der Waals surface area contributed by atoms with Crippen molar-refractivity contribution < 1.29 is 14.0 Å². The average Bonchev–Trinajstić information content (AvgIpc) is 2.66. The lowest BCUT2D eigenvalue weighted by molar-refractivity contribution is -0.125. The molecule has 6 heteroatoms. The zero-order chi connectivity index (χ0) is 18.9. The maximum absolute atomic E-state index is 13.1. The molecule has 0 bridgehead atoms. The molecule has 2 unspecified atom stereocenters. The fourth-order valence-corrected chi connectivity index (χ4v) is 2.52. The van der Waals surface area contributed by atoms with Crippen LogP contribution >= 0.6 is 0 Å². The maximum atomic E-state index is 13.1. The Bertz CT molecular complexity index is 737. The minimum atomic E-state index is -0.450. The lowest BCUT2D eigenvalue weighted by Crippen LogP contribution is -2.37. The van der Waals surface area contributed by atoms with E-state index in [1.54, 1.807) is 13.0 Å². The van der Waals surface area contributed by atoms with Gasteiger partial charge in [-0.15, -0.1) is 0 Å². The van der Waals surface area contributed by atoms with Gasteiger partial charge in [0.15, 0.2) is 0 Å². The summed E-state index contributed by atoms with van der Waals surface area (Å²) in [7, 11) is 0. The Balaban J connectivity index is 1.69. The maximum Gasteiger partial charge on any atom is 0.251 e. The van der Waals surface area contributed by atoms with Crippen molar-refractivity contribution in [2.24, 2.45) is 11.7 Å². The summed E-state index contributed by atoms with van der Waals surface area (Å²) in [5.74, 6) is -1.28. The van der Waals surface area contributed by atoms with E-state index in [4.69, 9.17) is 5.73 Å². The Kier molecular flexibility index (Phi) is 7.29. The molecule has 2 amide bonds. The van der Waals surface area contributed by atoms with Crippen LogP contribution in [0.4, 0.5) is 4.39 Å². The number of halogens is 1. The molecule has 0 aliphatic heterocycles. The Morgan fingerprint density at radius 1 is 1.04 bits per heavy atom. The van der Waals surface area contributed by atoms with Crippen LogP contribution in [0.2, 0.25) is 0 Å². The third-order valence-corrected chi connectivity index (χ3v) is 4.16. The average molecular weight is 357 g/mol. The van der Waals surface area contributed by atoms with Crippen molar-refractivity contribution >= 4 is 11.8 Å². The first kappa shape index (κ1) is 19.6. The smallest absolute Gasteiger partial charge is 0.251 e. The van der Waals surface area contributed by atoms with Gasteiger partial charge in [0.25, 0.3) is 5.91 Å². The van der Waals surface area contributed by atoms with E-state index in [0.717, 1.165) is 5.56 Å². The molecule has 0 radical (unpaired) electrons. The number of carbonyl (C=O) groups excluding carboxylic acids is 2. The predicted molar refractivity (Wildman–Crippen MR) is 98.9 cm³/mol. The molecule has 2 rings (SSSR count). The normalized spacial score (nSPS) is 12.9. The molecule has 0 spiro atoms. The van der Waals surface area contributed by atoms with Gasteiger partial charge in [-0.1, -0.05) is 43.3 Å². The fourth-order valence-electron chi connectivity index (χ4n) is 2.52. The van der Waals surface area contributed by atoms with Crippen LogP contribution in [0.5, 0.6) is 0 Å². The van der Waals surface area contributed by atoms with Crippen LogP contribution in [-0.4, -0.2) is 24.9 Å². The van der Waals surface area contributed by atoms with Crippen LogP contribution in [0.15, 0.2) is 54.6 Å². The lowest BCUT2D eigenvalue weighted by atomic mass is 9.95. The Morgan fingerprint density at radius 2 is 1.73 bits per heavy atom. The zero-order valence-corrected chi connectivity index (χ0v) is 14.7. The highest BCUT2D eigenvalue weighted by atomic mass is 19.1. The van der Waals surface area contributed by atoms with E-state index in [-0.39, 0.29) is 29.3 Å². The first-order valence-corrected chi connectivity index (χ1v) is 8.61. The van der Waals surface area contributed by atoms with Crippen LogP contribution < -0.4 is 16.4 Å². The molecule has 0 aromatic heterocycles. The summed E-state index contributed by atoms with van der Waals surface area (Å²) in [5, 5.41) is 5.52. The van der Waals surface area contributed by atoms with Crippen molar-refractivity contribution in [2.75, 3.05) is 13.1 Å². The van der Waals surface area contributed by atoms with Crippen molar-refractivity contribution in [3.63, 3.8) is 0 Å². The molecule has 2 aromatic carbocycles. The van der Waals surface area contributed by atoms with Crippen LogP contribution in [0, 0.1) is 11.7 Å². The van der Waals surface area contributed by atoms with Crippen LogP contribution in [0.3, 0.4) is 0 Å². The van der Waals surface area contributed by atoms with Gasteiger partial charge in [-0.2, -0.15) is 0 Å². The topological polar surface area (TPSA) is 84.2 Å². The second-order valence-corrected chi connectivity index (χ2v) is 6.14. The highest BCUT2D eigenvalue weighted by Crippen LogP contribution is 2.18. The van der Waals surface area contributed by atoms with Gasteiger partial charge in [-0.3, -0.25) is 9.59 Å². The molecular weight excluding hydrogens is 333 g/mol. The summed E-state index contributed by atoms with van der Waals surface area (Å²) in [6, 6.07) is 14.6.